The van der Waals surface area contributed by atoms with E-state index < -0.39 is 35.0 Å². The number of hydrogen-bond acceptors (Lipinski definition) is 11. The van der Waals surface area contributed by atoms with Gasteiger partial charge in [0.1, 0.15) is 11.4 Å². The summed E-state index contributed by atoms with van der Waals surface area (Å²) in [6.07, 6.45) is -6.95. The van der Waals surface area contributed by atoms with Crippen LogP contribution >= 0.6 is 0 Å². The van der Waals surface area contributed by atoms with Crippen molar-refractivity contribution in [1.82, 2.24) is 14.9 Å². The van der Waals surface area contributed by atoms with E-state index in [-0.39, 0.29) is 38.1 Å². The van der Waals surface area contributed by atoms with Gasteiger partial charge >= 0.3 is 24.1 Å². The Morgan fingerprint density at radius 1 is 0.719 bits per heavy atom. The van der Waals surface area contributed by atoms with Gasteiger partial charge in [0, 0.05) is 30.0 Å². The van der Waals surface area contributed by atoms with E-state index in [4.69, 9.17) is 40.9 Å². The Bertz CT molecular complexity index is 1220. The molecule has 0 fully saturated rings. The van der Waals surface area contributed by atoms with Crippen LogP contribution in [0.15, 0.2) is 33.9 Å². The summed E-state index contributed by atoms with van der Waals surface area (Å²) in [5.41, 5.74) is -1.31. The van der Waals surface area contributed by atoms with Crippen LogP contribution in [0, 0.1) is 0 Å². The van der Waals surface area contributed by atoms with Crippen molar-refractivity contribution < 1.29 is 50.4 Å². The number of hydrogen-bond donors (Lipinski definition) is 10. The highest BCUT2D eigenvalue weighted by atomic mass is 16.8. The van der Waals surface area contributed by atoms with Gasteiger partial charge in [0.25, 0.3) is 0 Å². The van der Waals surface area contributed by atoms with Crippen LogP contribution in [0.25, 0.3) is 21.8 Å². The Morgan fingerprint density at radius 2 is 1.06 bits per heavy atom. The molecule has 32 heavy (non-hydrogen) atoms. The van der Waals surface area contributed by atoms with Crippen molar-refractivity contribution in [3.05, 3.63) is 56.1 Å². The van der Waals surface area contributed by atoms with Gasteiger partial charge in [0.2, 0.25) is 0 Å². The maximum Gasteiger partial charge on any atom is 0.352 e. The third kappa shape index (κ3) is 5.31. The average molecular weight is 455 g/mol. The third-order valence-electron chi connectivity index (χ3n) is 4.14. The number of nitrogens with one attached hydrogen (secondary N) is 2. The molecule has 0 spiro atoms. The van der Waals surface area contributed by atoms with Crippen LogP contribution in [0.5, 0.6) is 0 Å². The molecule has 0 bridgehead atoms. The molecule has 0 amide bonds. The number of fused-ring (bicyclic) bond motifs is 2. The number of pyridine rings is 2. The van der Waals surface area contributed by atoms with Crippen molar-refractivity contribution in [3.8, 4) is 0 Å². The normalized spacial score (nSPS) is 12.0. The highest BCUT2D eigenvalue weighted by Crippen LogP contribution is 2.16. The van der Waals surface area contributed by atoms with Crippen molar-refractivity contribution in [1.29, 1.82) is 0 Å². The van der Waals surface area contributed by atoms with E-state index in [2.05, 4.69) is 9.97 Å². The lowest BCUT2D eigenvalue weighted by Gasteiger charge is -2.31. The zero-order chi connectivity index (χ0) is 24.6. The maximum absolute atomic E-state index is 11.9. The van der Waals surface area contributed by atoms with Crippen molar-refractivity contribution in [3.63, 3.8) is 0 Å². The minimum atomic E-state index is -3.47. The summed E-state index contributed by atoms with van der Waals surface area (Å²) in [6, 6.07) is 4.50. The fourth-order valence-electron chi connectivity index (χ4n) is 2.43. The number of aromatic amines is 2. The van der Waals surface area contributed by atoms with Crippen molar-refractivity contribution in [2.75, 3.05) is 7.05 Å². The molecule has 15 heteroatoms. The first-order chi connectivity index (χ1) is 14.5. The summed E-state index contributed by atoms with van der Waals surface area (Å²) in [6.45, 7) is 0. The lowest BCUT2D eigenvalue weighted by molar-refractivity contribution is -0.503. The Hall–Kier alpha value is -3.70. The minimum absolute atomic E-state index is 0.145. The molecule has 1 aromatic carbocycles. The Morgan fingerprint density at radius 3 is 1.31 bits per heavy atom. The number of H-pyrrole nitrogens is 2. The predicted molar refractivity (Wildman–Crippen MR) is 103 cm³/mol. The van der Waals surface area contributed by atoms with Crippen LogP contribution in [0.1, 0.15) is 21.0 Å². The number of aromatic nitrogens is 2. The van der Waals surface area contributed by atoms with Crippen LogP contribution in [0.4, 0.5) is 0 Å². The van der Waals surface area contributed by atoms with E-state index in [1.54, 1.807) is 0 Å². The first-order valence-electron chi connectivity index (χ1n) is 8.31. The van der Waals surface area contributed by atoms with Gasteiger partial charge in [-0.05, 0) is 12.1 Å². The van der Waals surface area contributed by atoms with Crippen LogP contribution in [0.3, 0.4) is 0 Å². The van der Waals surface area contributed by atoms with E-state index in [0.29, 0.717) is 7.05 Å². The van der Waals surface area contributed by atoms with Gasteiger partial charge in [-0.3, -0.25) is 9.59 Å². The smallest absolute Gasteiger partial charge is 0.352 e. The van der Waals surface area contributed by atoms with Crippen molar-refractivity contribution in [2.24, 2.45) is 0 Å². The molecule has 0 atom stereocenters. The van der Waals surface area contributed by atoms with Gasteiger partial charge in [0.05, 0.1) is 11.0 Å². The van der Waals surface area contributed by atoms with E-state index in [9.17, 15) is 19.2 Å². The van der Waals surface area contributed by atoms with E-state index in [1.165, 1.54) is 12.1 Å². The maximum atomic E-state index is 11.9. The summed E-state index contributed by atoms with van der Waals surface area (Å²) >= 11 is 0. The molecule has 2 aromatic heterocycles. The number of rotatable bonds is 4. The zero-order valence-electron chi connectivity index (χ0n) is 16.0. The van der Waals surface area contributed by atoms with E-state index >= 15 is 0 Å². The van der Waals surface area contributed by atoms with Crippen LogP contribution in [-0.4, -0.2) is 86.9 Å². The Labute approximate surface area is 175 Å². The molecule has 0 radical (unpaired) electrons. The summed E-state index contributed by atoms with van der Waals surface area (Å²) < 4.78 is 0. The topological polar surface area (TPSA) is 265 Å². The molecule has 0 aliphatic heterocycles. The lowest BCUT2D eigenvalue weighted by atomic mass is 10.1. The standard InChI is InChI=1S/C14H8N2O6.C3H9NO6/c17-11-3-9(13(19)20)15-7-2-8-6(1-5(7)11)12(18)4-10(16-8)14(21)22;1-4(2(5,6)7)3(8,9)10/h1-4H,(H,15,17)(H,16,18)(H,19,20)(H,21,22);5-10H,1H3. The zero-order valence-corrected chi connectivity index (χ0v) is 16.0. The van der Waals surface area contributed by atoms with Crippen LogP contribution in [0.2, 0.25) is 0 Å². The molecule has 0 aliphatic carbocycles. The Kier molecular flexibility index (Phi) is 6.48. The molecule has 0 unspecified atom stereocenters. The molecule has 0 saturated heterocycles. The summed E-state index contributed by atoms with van der Waals surface area (Å²) in [7, 11) is 0.667. The monoisotopic (exact) mass is 455 g/mol. The lowest BCUT2D eigenvalue weighted by Crippen LogP contribution is -2.59. The number of carbonyl (C=O) groups is 2. The first kappa shape index (κ1) is 24.6. The second kappa shape index (κ2) is 8.44. The quantitative estimate of drug-likeness (QED) is 0.138. The average Bonchev–Trinajstić information content (AvgIpc) is 2.65. The Balaban J connectivity index is 0.000000309. The number of carboxylic acid groups (broad SMARTS) is 2. The molecule has 172 valence electrons. The van der Waals surface area contributed by atoms with Gasteiger partial charge in [-0.25, -0.2) is 9.59 Å². The molecule has 15 nitrogen and oxygen atoms in total. The number of benzene rings is 1. The van der Waals surface area contributed by atoms with E-state index in [1.807, 2.05) is 0 Å². The summed E-state index contributed by atoms with van der Waals surface area (Å²) in [4.78, 5) is 50.6. The highest BCUT2D eigenvalue weighted by Gasteiger charge is 2.40. The van der Waals surface area contributed by atoms with Gasteiger partial charge in [-0.2, -0.15) is 4.90 Å². The third-order valence-corrected chi connectivity index (χ3v) is 4.14. The molecular weight excluding hydrogens is 438 g/mol. The van der Waals surface area contributed by atoms with Gasteiger partial charge in [-0.1, -0.05) is 0 Å². The van der Waals surface area contributed by atoms with Gasteiger partial charge in [-0.15, -0.1) is 0 Å². The number of carboxylic acids is 2. The van der Waals surface area contributed by atoms with Crippen molar-refractivity contribution >= 4 is 33.7 Å². The van der Waals surface area contributed by atoms with Gasteiger partial charge in [0.15, 0.2) is 10.9 Å². The second-order valence-corrected chi connectivity index (χ2v) is 6.41. The molecule has 10 N–H and O–H groups in total. The molecule has 0 saturated carbocycles. The highest BCUT2D eigenvalue weighted by molar-refractivity contribution is 5.98. The predicted octanol–water partition coefficient (Wildman–Crippen LogP) is -3.14. The molecule has 3 aromatic rings. The first-order valence-corrected chi connectivity index (χ1v) is 8.31. The van der Waals surface area contributed by atoms with E-state index in [0.717, 1.165) is 12.1 Å². The number of aromatic carboxylic acids is 2. The fraction of sp³-hybridized carbons (Fsp3) is 0.176. The summed E-state index contributed by atoms with van der Waals surface area (Å²) in [5, 5.41) is 67.2. The molecule has 3 rings (SSSR count). The number of nitrogens with zero attached hydrogens (tertiary/aromatic N) is 1. The molecule has 0 aliphatic rings. The second-order valence-electron chi connectivity index (χ2n) is 6.41. The van der Waals surface area contributed by atoms with Crippen LogP contribution in [-0.2, 0) is 0 Å². The van der Waals surface area contributed by atoms with Crippen molar-refractivity contribution in [2.45, 2.75) is 12.2 Å². The number of aliphatic hydroxyl groups is 6. The van der Waals surface area contributed by atoms with Gasteiger partial charge < -0.3 is 50.8 Å². The largest absolute Gasteiger partial charge is 0.477 e. The molecular formula is C17H17N3O12. The summed E-state index contributed by atoms with van der Waals surface area (Å²) in [5.74, 6) is -2.60. The van der Waals surface area contributed by atoms with Crippen LogP contribution < -0.4 is 10.9 Å². The molecule has 2 heterocycles. The SMILES string of the molecule is CN(C(O)(O)O)C(O)(O)O.O=C(O)c1cc(=O)c2cc3c(=O)cc(C(=O)O)[nH]c3cc2[nH]1. The fourth-order valence-corrected chi connectivity index (χ4v) is 2.43. The minimum Gasteiger partial charge on any atom is -0.477 e.